The molecule has 0 aliphatic carbocycles. The van der Waals surface area contributed by atoms with Gasteiger partial charge in [0.15, 0.2) is 5.43 Å². The quantitative estimate of drug-likeness (QED) is 0.661. The minimum Gasteiger partial charge on any atom is -0.469 e. The Morgan fingerprint density at radius 1 is 1.16 bits per heavy atom. The van der Waals surface area contributed by atoms with Crippen LogP contribution in [0.5, 0.6) is 0 Å². The summed E-state index contributed by atoms with van der Waals surface area (Å²) in [5.74, 6) is -0.113. The number of rotatable bonds is 4. The summed E-state index contributed by atoms with van der Waals surface area (Å²) in [6.45, 7) is 3.68. The monoisotopic (exact) mass is 336 g/mol. The highest BCUT2D eigenvalue weighted by atomic mass is 16.5. The Balaban J connectivity index is 2.18. The van der Waals surface area contributed by atoms with E-state index < -0.39 is 0 Å². The smallest absolute Gasteiger partial charge is 0.313 e. The van der Waals surface area contributed by atoms with Crippen molar-refractivity contribution in [1.29, 1.82) is 0 Å². The minimum atomic E-state index is -0.386. The van der Waals surface area contributed by atoms with Crippen LogP contribution in [0.1, 0.15) is 30.4 Å². The summed E-state index contributed by atoms with van der Waals surface area (Å²) >= 11 is 0. The summed E-state index contributed by atoms with van der Waals surface area (Å²) in [5.41, 5.74) is 2.62. The van der Waals surface area contributed by atoms with E-state index in [0.717, 1.165) is 11.1 Å². The first-order valence-corrected chi connectivity index (χ1v) is 8.27. The molecule has 25 heavy (non-hydrogen) atoms. The topological polar surface area (TPSA) is 56.5 Å². The number of hydrogen-bond donors (Lipinski definition) is 0. The average molecular weight is 336 g/mol. The fourth-order valence-corrected chi connectivity index (χ4v) is 3.07. The van der Waals surface area contributed by atoms with Crippen LogP contribution in [-0.4, -0.2) is 13.1 Å². The molecule has 4 nitrogen and oxygen atoms in total. The Labute approximate surface area is 146 Å². The molecule has 3 rings (SSSR count). The number of benzene rings is 2. The molecule has 1 aromatic heterocycles. The van der Waals surface area contributed by atoms with Gasteiger partial charge in [-0.05, 0) is 31.0 Å². The second-order valence-electron chi connectivity index (χ2n) is 5.99. The zero-order valence-corrected chi connectivity index (χ0v) is 14.5. The largest absolute Gasteiger partial charge is 0.469 e. The zero-order chi connectivity index (χ0) is 18.0. The Morgan fingerprint density at radius 2 is 1.88 bits per heavy atom. The van der Waals surface area contributed by atoms with Gasteiger partial charge in [-0.25, -0.2) is 0 Å². The first kappa shape index (κ1) is 17.0. The van der Waals surface area contributed by atoms with Crippen LogP contribution in [0, 0.1) is 6.92 Å². The van der Waals surface area contributed by atoms with E-state index in [-0.39, 0.29) is 17.3 Å². The minimum absolute atomic E-state index is 0.0818. The third-order valence-corrected chi connectivity index (χ3v) is 4.47. The maximum atomic E-state index is 12.8. The van der Waals surface area contributed by atoms with Gasteiger partial charge in [0, 0.05) is 11.1 Å². The number of carbonyl (C=O) groups excluding carboxylic acids is 1. The Hall–Kier alpha value is -2.88. The fourth-order valence-electron chi connectivity index (χ4n) is 3.07. The van der Waals surface area contributed by atoms with Crippen LogP contribution in [-0.2, 0) is 9.53 Å². The molecule has 1 atom stereocenters. The van der Waals surface area contributed by atoms with Crippen molar-refractivity contribution < 1.29 is 13.9 Å². The Bertz CT molecular complexity index is 970. The standard InChI is InChI=1S/C21H20O4/c1-4-16(21(23)24-3)15-10-11-18-17(12-15)19(22)13(2)20(25-18)14-8-6-5-7-9-14/h5-12,16H,4H2,1-3H3. The molecule has 1 heterocycles. The molecule has 4 heteroatoms. The average Bonchev–Trinajstić information content (AvgIpc) is 2.66. The van der Waals surface area contributed by atoms with Gasteiger partial charge in [0.05, 0.1) is 18.4 Å². The second kappa shape index (κ2) is 6.93. The van der Waals surface area contributed by atoms with Gasteiger partial charge in [-0.1, -0.05) is 43.3 Å². The van der Waals surface area contributed by atoms with Gasteiger partial charge in [-0.2, -0.15) is 0 Å². The molecule has 128 valence electrons. The van der Waals surface area contributed by atoms with Crippen LogP contribution in [0.3, 0.4) is 0 Å². The van der Waals surface area contributed by atoms with Gasteiger partial charge in [0.2, 0.25) is 0 Å². The molecule has 0 N–H and O–H groups in total. The van der Waals surface area contributed by atoms with Crippen molar-refractivity contribution in [1.82, 2.24) is 0 Å². The van der Waals surface area contributed by atoms with E-state index in [2.05, 4.69) is 0 Å². The third-order valence-electron chi connectivity index (χ3n) is 4.47. The van der Waals surface area contributed by atoms with Crippen molar-refractivity contribution in [2.24, 2.45) is 0 Å². The molecule has 0 spiro atoms. The van der Waals surface area contributed by atoms with E-state index in [1.807, 2.05) is 43.3 Å². The number of esters is 1. The maximum absolute atomic E-state index is 12.8. The zero-order valence-electron chi connectivity index (χ0n) is 14.5. The molecule has 2 aromatic carbocycles. The van der Waals surface area contributed by atoms with E-state index >= 15 is 0 Å². The number of methoxy groups -OCH3 is 1. The lowest BCUT2D eigenvalue weighted by atomic mass is 9.95. The van der Waals surface area contributed by atoms with E-state index in [1.165, 1.54) is 7.11 Å². The van der Waals surface area contributed by atoms with Crippen molar-refractivity contribution in [2.45, 2.75) is 26.2 Å². The molecule has 1 unspecified atom stereocenters. The second-order valence-corrected chi connectivity index (χ2v) is 5.99. The molecule has 0 saturated heterocycles. The summed E-state index contributed by atoms with van der Waals surface area (Å²) in [6.07, 6.45) is 0.602. The molecular weight excluding hydrogens is 316 g/mol. The molecule has 0 fully saturated rings. The van der Waals surface area contributed by atoms with Gasteiger partial charge in [0.25, 0.3) is 0 Å². The Kier molecular flexibility index (Phi) is 4.70. The number of hydrogen-bond acceptors (Lipinski definition) is 4. The van der Waals surface area contributed by atoms with Crippen LogP contribution in [0.2, 0.25) is 0 Å². The van der Waals surface area contributed by atoms with Crippen LogP contribution in [0.15, 0.2) is 57.7 Å². The van der Waals surface area contributed by atoms with Crippen molar-refractivity contribution in [3.63, 3.8) is 0 Å². The molecule has 3 aromatic rings. The lowest BCUT2D eigenvalue weighted by Gasteiger charge is -2.14. The fraction of sp³-hybridized carbons (Fsp3) is 0.238. The lowest BCUT2D eigenvalue weighted by Crippen LogP contribution is -2.14. The number of carbonyl (C=O) groups is 1. The van der Waals surface area contributed by atoms with Crippen molar-refractivity contribution >= 4 is 16.9 Å². The van der Waals surface area contributed by atoms with Gasteiger partial charge in [0.1, 0.15) is 11.3 Å². The van der Waals surface area contributed by atoms with Crippen LogP contribution >= 0.6 is 0 Å². The molecule has 0 aliphatic heterocycles. The van der Waals surface area contributed by atoms with Gasteiger partial charge >= 0.3 is 5.97 Å². The van der Waals surface area contributed by atoms with Gasteiger partial charge < -0.3 is 9.15 Å². The molecule has 0 amide bonds. The highest BCUT2D eigenvalue weighted by molar-refractivity contribution is 5.84. The van der Waals surface area contributed by atoms with E-state index in [4.69, 9.17) is 9.15 Å². The molecule has 0 bridgehead atoms. The number of fused-ring (bicyclic) bond motifs is 1. The highest BCUT2D eigenvalue weighted by Crippen LogP contribution is 2.28. The van der Waals surface area contributed by atoms with Crippen molar-refractivity contribution in [2.75, 3.05) is 7.11 Å². The van der Waals surface area contributed by atoms with E-state index in [1.54, 1.807) is 19.1 Å². The maximum Gasteiger partial charge on any atom is 0.313 e. The van der Waals surface area contributed by atoms with Gasteiger partial charge in [-0.3, -0.25) is 9.59 Å². The first-order chi connectivity index (χ1) is 12.1. The van der Waals surface area contributed by atoms with Gasteiger partial charge in [-0.15, -0.1) is 0 Å². The van der Waals surface area contributed by atoms with E-state index in [9.17, 15) is 9.59 Å². The normalized spacial score (nSPS) is 12.1. The SMILES string of the molecule is CCC(C(=O)OC)c1ccc2oc(-c3ccccc3)c(C)c(=O)c2c1. The Morgan fingerprint density at radius 3 is 2.52 bits per heavy atom. The predicted molar refractivity (Wildman–Crippen MR) is 97.7 cm³/mol. The third kappa shape index (κ3) is 3.07. The molecule has 0 saturated carbocycles. The molecular formula is C21H20O4. The summed E-state index contributed by atoms with van der Waals surface area (Å²) in [4.78, 5) is 24.8. The van der Waals surface area contributed by atoms with E-state index in [0.29, 0.717) is 28.7 Å². The predicted octanol–water partition coefficient (Wildman–Crippen LogP) is 4.44. The van der Waals surface area contributed by atoms with Crippen LogP contribution in [0.25, 0.3) is 22.3 Å². The first-order valence-electron chi connectivity index (χ1n) is 8.27. The molecule has 0 aliphatic rings. The number of ether oxygens (including phenoxy) is 1. The van der Waals surface area contributed by atoms with Crippen molar-refractivity contribution in [3.8, 4) is 11.3 Å². The summed E-state index contributed by atoms with van der Waals surface area (Å²) in [5, 5.41) is 0.483. The molecule has 0 radical (unpaired) electrons. The van der Waals surface area contributed by atoms with Crippen LogP contribution in [0.4, 0.5) is 0 Å². The summed E-state index contributed by atoms with van der Waals surface area (Å²) in [7, 11) is 1.37. The summed E-state index contributed by atoms with van der Waals surface area (Å²) in [6, 6.07) is 14.9. The summed E-state index contributed by atoms with van der Waals surface area (Å²) < 4.78 is 10.9. The van der Waals surface area contributed by atoms with Crippen LogP contribution < -0.4 is 5.43 Å². The van der Waals surface area contributed by atoms with Crippen molar-refractivity contribution in [3.05, 3.63) is 69.9 Å². The lowest BCUT2D eigenvalue weighted by molar-refractivity contribution is -0.142. The highest BCUT2D eigenvalue weighted by Gasteiger charge is 2.21.